The van der Waals surface area contributed by atoms with Gasteiger partial charge in [-0.15, -0.1) is 0 Å². The Labute approximate surface area is 95.6 Å². The number of rotatable bonds is 6. The fourth-order valence-electron chi connectivity index (χ4n) is 1.62. The monoisotopic (exact) mass is 228 g/mol. The zero-order valence-electron chi connectivity index (χ0n) is 9.82. The van der Waals surface area contributed by atoms with E-state index in [-0.39, 0.29) is 6.03 Å². The Morgan fingerprint density at radius 1 is 1.50 bits per heavy atom. The molecule has 1 saturated carbocycles. The summed E-state index contributed by atoms with van der Waals surface area (Å²) in [6, 6.07) is 0.139. The minimum absolute atomic E-state index is 0.182. The second-order valence-electron chi connectivity index (χ2n) is 4.44. The van der Waals surface area contributed by atoms with E-state index >= 15 is 0 Å². The molecule has 0 aliphatic heterocycles. The quantitative estimate of drug-likeness (QED) is 0.639. The van der Waals surface area contributed by atoms with Gasteiger partial charge < -0.3 is 15.7 Å². The molecule has 1 fully saturated rings. The summed E-state index contributed by atoms with van der Waals surface area (Å²) in [7, 11) is 0. The summed E-state index contributed by atoms with van der Waals surface area (Å²) >= 11 is 0. The standard InChI is InChI=1S/C11H20N2O3/c1-3-8-6-9(8)13-11(16)12-5-4-7(2)10(14)15/h7-9H,3-6H2,1-2H3,(H,14,15)(H2,12,13,16). The Balaban J connectivity index is 2.05. The Morgan fingerprint density at radius 2 is 2.19 bits per heavy atom. The molecule has 0 radical (unpaired) electrons. The average molecular weight is 228 g/mol. The minimum atomic E-state index is -0.824. The van der Waals surface area contributed by atoms with Crippen LogP contribution in [0.4, 0.5) is 4.79 Å². The number of amides is 2. The number of aliphatic carboxylic acids is 1. The van der Waals surface area contributed by atoms with Gasteiger partial charge in [0.25, 0.3) is 0 Å². The second-order valence-corrected chi connectivity index (χ2v) is 4.44. The van der Waals surface area contributed by atoms with Crippen LogP contribution in [0.2, 0.25) is 0 Å². The van der Waals surface area contributed by atoms with Crippen molar-refractivity contribution in [2.24, 2.45) is 11.8 Å². The zero-order chi connectivity index (χ0) is 12.1. The van der Waals surface area contributed by atoms with Crippen LogP contribution in [0.25, 0.3) is 0 Å². The van der Waals surface area contributed by atoms with Crippen LogP contribution in [0, 0.1) is 11.8 Å². The summed E-state index contributed by atoms with van der Waals surface area (Å²) in [6.45, 7) is 4.15. The van der Waals surface area contributed by atoms with Crippen molar-refractivity contribution in [3.63, 3.8) is 0 Å². The number of carbonyl (C=O) groups excluding carboxylic acids is 1. The Bertz CT molecular complexity index is 268. The summed E-state index contributed by atoms with van der Waals surface area (Å²) in [4.78, 5) is 21.9. The van der Waals surface area contributed by atoms with E-state index in [1.54, 1.807) is 6.92 Å². The van der Waals surface area contributed by atoms with Crippen molar-refractivity contribution in [1.29, 1.82) is 0 Å². The third-order valence-corrected chi connectivity index (χ3v) is 3.05. The molecule has 92 valence electrons. The number of nitrogens with one attached hydrogen (secondary N) is 2. The first-order valence-corrected chi connectivity index (χ1v) is 5.81. The lowest BCUT2D eigenvalue weighted by Gasteiger charge is -2.09. The molecule has 0 heterocycles. The largest absolute Gasteiger partial charge is 0.481 e. The molecular weight excluding hydrogens is 208 g/mol. The molecule has 2 amide bonds. The van der Waals surface area contributed by atoms with Gasteiger partial charge in [-0.05, 0) is 18.8 Å². The molecule has 1 aliphatic rings. The van der Waals surface area contributed by atoms with Crippen LogP contribution < -0.4 is 10.6 Å². The Hall–Kier alpha value is -1.26. The maximum Gasteiger partial charge on any atom is 0.315 e. The molecule has 1 aliphatic carbocycles. The predicted molar refractivity (Wildman–Crippen MR) is 60.1 cm³/mol. The molecule has 0 aromatic heterocycles. The third-order valence-electron chi connectivity index (χ3n) is 3.05. The fraction of sp³-hybridized carbons (Fsp3) is 0.818. The van der Waals surface area contributed by atoms with Gasteiger partial charge in [0.05, 0.1) is 5.92 Å². The maximum atomic E-state index is 11.3. The van der Waals surface area contributed by atoms with Crippen molar-refractivity contribution in [3.05, 3.63) is 0 Å². The number of carboxylic acids is 1. The van der Waals surface area contributed by atoms with Gasteiger partial charge in [-0.3, -0.25) is 4.79 Å². The van der Waals surface area contributed by atoms with E-state index in [4.69, 9.17) is 5.11 Å². The molecule has 0 aromatic carbocycles. The molecule has 0 saturated heterocycles. The van der Waals surface area contributed by atoms with E-state index in [9.17, 15) is 9.59 Å². The molecule has 5 nitrogen and oxygen atoms in total. The second kappa shape index (κ2) is 5.72. The summed E-state index contributed by atoms with van der Waals surface area (Å²) in [6.07, 6.45) is 2.63. The number of hydrogen-bond donors (Lipinski definition) is 3. The van der Waals surface area contributed by atoms with Gasteiger partial charge in [-0.1, -0.05) is 20.3 Å². The van der Waals surface area contributed by atoms with Crippen molar-refractivity contribution in [2.75, 3.05) is 6.54 Å². The first kappa shape index (κ1) is 12.8. The molecule has 16 heavy (non-hydrogen) atoms. The highest BCUT2D eigenvalue weighted by molar-refractivity contribution is 5.74. The first-order chi connectivity index (χ1) is 7.54. The van der Waals surface area contributed by atoms with Crippen LogP contribution in [0.1, 0.15) is 33.1 Å². The maximum absolute atomic E-state index is 11.3. The first-order valence-electron chi connectivity index (χ1n) is 5.81. The van der Waals surface area contributed by atoms with E-state index in [0.29, 0.717) is 24.9 Å². The minimum Gasteiger partial charge on any atom is -0.481 e. The summed E-state index contributed by atoms with van der Waals surface area (Å²) in [5.41, 5.74) is 0. The molecule has 0 bridgehead atoms. The van der Waals surface area contributed by atoms with Crippen LogP contribution in [0.15, 0.2) is 0 Å². The van der Waals surface area contributed by atoms with Crippen molar-refractivity contribution in [1.82, 2.24) is 10.6 Å². The van der Waals surface area contributed by atoms with E-state index < -0.39 is 11.9 Å². The summed E-state index contributed by atoms with van der Waals surface area (Å²) < 4.78 is 0. The van der Waals surface area contributed by atoms with Gasteiger partial charge in [0, 0.05) is 12.6 Å². The Kier molecular flexibility index (Phi) is 4.58. The van der Waals surface area contributed by atoms with Crippen LogP contribution in [0.3, 0.4) is 0 Å². The van der Waals surface area contributed by atoms with Gasteiger partial charge in [0.2, 0.25) is 0 Å². The molecule has 0 aromatic rings. The molecule has 3 atom stereocenters. The third kappa shape index (κ3) is 4.08. The number of hydrogen-bond acceptors (Lipinski definition) is 2. The molecule has 0 spiro atoms. The van der Waals surface area contributed by atoms with Gasteiger partial charge >= 0.3 is 12.0 Å². The van der Waals surface area contributed by atoms with Crippen molar-refractivity contribution in [3.8, 4) is 0 Å². The van der Waals surface area contributed by atoms with E-state index in [2.05, 4.69) is 17.6 Å². The van der Waals surface area contributed by atoms with Gasteiger partial charge in [0.15, 0.2) is 0 Å². The normalized spacial score (nSPS) is 24.6. The van der Waals surface area contributed by atoms with Crippen molar-refractivity contribution in [2.45, 2.75) is 39.2 Å². The lowest BCUT2D eigenvalue weighted by molar-refractivity contribution is -0.141. The number of carbonyl (C=O) groups is 2. The summed E-state index contributed by atoms with van der Waals surface area (Å²) in [5, 5.41) is 14.2. The highest BCUT2D eigenvalue weighted by Crippen LogP contribution is 2.32. The average Bonchev–Trinajstić information content (AvgIpc) is 2.96. The van der Waals surface area contributed by atoms with Crippen molar-refractivity contribution < 1.29 is 14.7 Å². The smallest absolute Gasteiger partial charge is 0.315 e. The predicted octanol–water partition coefficient (Wildman–Crippen LogP) is 1.19. The molecule has 1 rings (SSSR count). The highest BCUT2D eigenvalue weighted by atomic mass is 16.4. The van der Waals surface area contributed by atoms with Gasteiger partial charge in [0.1, 0.15) is 0 Å². The van der Waals surface area contributed by atoms with Crippen LogP contribution in [-0.4, -0.2) is 29.7 Å². The van der Waals surface area contributed by atoms with Gasteiger partial charge in [-0.2, -0.15) is 0 Å². The van der Waals surface area contributed by atoms with Crippen LogP contribution in [-0.2, 0) is 4.79 Å². The number of urea groups is 1. The zero-order valence-corrected chi connectivity index (χ0v) is 9.82. The summed E-state index contributed by atoms with van der Waals surface area (Å²) in [5.74, 6) is -0.608. The van der Waals surface area contributed by atoms with E-state index in [1.807, 2.05) is 0 Å². The van der Waals surface area contributed by atoms with Gasteiger partial charge in [-0.25, -0.2) is 4.79 Å². The van der Waals surface area contributed by atoms with Crippen LogP contribution in [0.5, 0.6) is 0 Å². The highest BCUT2D eigenvalue weighted by Gasteiger charge is 2.36. The van der Waals surface area contributed by atoms with E-state index in [0.717, 1.165) is 12.8 Å². The van der Waals surface area contributed by atoms with E-state index in [1.165, 1.54) is 0 Å². The molecular formula is C11H20N2O3. The fourth-order valence-corrected chi connectivity index (χ4v) is 1.62. The number of carboxylic acid groups (broad SMARTS) is 1. The lowest BCUT2D eigenvalue weighted by atomic mass is 10.1. The van der Waals surface area contributed by atoms with Crippen LogP contribution >= 0.6 is 0 Å². The topological polar surface area (TPSA) is 78.4 Å². The SMILES string of the molecule is CCC1CC1NC(=O)NCCC(C)C(=O)O. The van der Waals surface area contributed by atoms with Crippen molar-refractivity contribution >= 4 is 12.0 Å². The lowest BCUT2D eigenvalue weighted by Crippen LogP contribution is -2.38. The molecule has 5 heteroatoms. The molecule has 3 unspecified atom stereocenters. The molecule has 3 N–H and O–H groups in total. The Morgan fingerprint density at radius 3 is 2.69 bits per heavy atom.